The second-order valence-corrected chi connectivity index (χ2v) is 5.06. The molecule has 0 aromatic carbocycles. The minimum absolute atomic E-state index is 0.118. The van der Waals surface area contributed by atoms with Crippen LogP contribution in [0.3, 0.4) is 0 Å². The van der Waals surface area contributed by atoms with Crippen molar-refractivity contribution in [1.82, 2.24) is 4.90 Å². The monoisotopic (exact) mass is 258 g/mol. The Balaban J connectivity index is 1.89. The standard InChI is InChI=1S/C15H18N2O2/c1-11-10-13(11)14-6-4-12(19-14)5-7-15(18)17(2)9-3-8-16/h4-7,11,13H,3,9-10H2,1-2H3/b7-5-/t11-,13+/m1/s1. The van der Waals surface area contributed by atoms with Crippen LogP contribution in [0.15, 0.2) is 22.6 Å². The lowest BCUT2D eigenvalue weighted by Gasteiger charge is -2.11. The van der Waals surface area contributed by atoms with Crippen LogP contribution < -0.4 is 0 Å². The predicted octanol–water partition coefficient (Wildman–Crippen LogP) is 2.79. The van der Waals surface area contributed by atoms with Gasteiger partial charge >= 0.3 is 0 Å². The van der Waals surface area contributed by atoms with Gasteiger partial charge in [0.15, 0.2) is 0 Å². The van der Waals surface area contributed by atoms with Gasteiger partial charge in [0.2, 0.25) is 5.91 Å². The Morgan fingerprint density at radius 2 is 2.37 bits per heavy atom. The smallest absolute Gasteiger partial charge is 0.246 e. The fourth-order valence-corrected chi connectivity index (χ4v) is 1.98. The summed E-state index contributed by atoms with van der Waals surface area (Å²) in [5.41, 5.74) is 0. The molecule has 0 N–H and O–H groups in total. The lowest BCUT2D eigenvalue weighted by atomic mass is 10.3. The van der Waals surface area contributed by atoms with E-state index in [9.17, 15) is 4.79 Å². The Labute approximate surface area is 113 Å². The first-order valence-corrected chi connectivity index (χ1v) is 6.51. The van der Waals surface area contributed by atoms with Gasteiger partial charge in [-0.05, 0) is 30.5 Å². The van der Waals surface area contributed by atoms with Gasteiger partial charge < -0.3 is 9.32 Å². The van der Waals surface area contributed by atoms with E-state index in [1.165, 1.54) is 17.4 Å². The number of nitriles is 1. The highest BCUT2D eigenvalue weighted by atomic mass is 16.3. The molecule has 1 aliphatic rings. The number of hydrogen-bond acceptors (Lipinski definition) is 3. The number of hydrogen-bond donors (Lipinski definition) is 0. The lowest BCUT2D eigenvalue weighted by Crippen LogP contribution is -2.25. The average Bonchev–Trinajstić information content (AvgIpc) is 2.95. The number of amides is 1. The number of likely N-dealkylation sites (N-methyl/N-ethyl adjacent to an activating group) is 1. The molecule has 1 aliphatic carbocycles. The van der Waals surface area contributed by atoms with Crippen LogP contribution in [-0.2, 0) is 4.79 Å². The van der Waals surface area contributed by atoms with Crippen LogP contribution >= 0.6 is 0 Å². The van der Waals surface area contributed by atoms with E-state index >= 15 is 0 Å². The summed E-state index contributed by atoms with van der Waals surface area (Å²) in [6.07, 6.45) is 4.70. The Morgan fingerprint density at radius 3 is 3.00 bits per heavy atom. The summed E-state index contributed by atoms with van der Waals surface area (Å²) in [6.45, 7) is 2.65. The summed E-state index contributed by atoms with van der Waals surface area (Å²) in [5, 5.41) is 8.47. The highest BCUT2D eigenvalue weighted by Crippen LogP contribution is 2.47. The molecule has 0 unspecified atom stereocenters. The van der Waals surface area contributed by atoms with Crippen molar-refractivity contribution >= 4 is 12.0 Å². The van der Waals surface area contributed by atoms with Gasteiger partial charge in [-0.1, -0.05) is 6.92 Å². The van der Waals surface area contributed by atoms with Gasteiger partial charge in [0.25, 0.3) is 0 Å². The largest absolute Gasteiger partial charge is 0.461 e. The Bertz CT molecular complexity index is 524. The molecule has 1 amide bonds. The van der Waals surface area contributed by atoms with Crippen LogP contribution in [0, 0.1) is 17.2 Å². The highest BCUT2D eigenvalue weighted by Gasteiger charge is 2.36. The number of carbonyl (C=O) groups is 1. The van der Waals surface area contributed by atoms with E-state index in [2.05, 4.69) is 6.92 Å². The SMILES string of the molecule is C[C@@H]1C[C@@H]1c1ccc(/C=C\C(=O)N(C)CCC#N)o1. The number of carbonyl (C=O) groups excluding carboxylic acids is 1. The normalized spacial score (nSPS) is 21.3. The van der Waals surface area contributed by atoms with Crippen LogP contribution in [-0.4, -0.2) is 24.4 Å². The van der Waals surface area contributed by atoms with Crippen molar-refractivity contribution < 1.29 is 9.21 Å². The number of rotatable bonds is 5. The summed E-state index contributed by atoms with van der Waals surface area (Å²) >= 11 is 0. The number of furan rings is 1. The third kappa shape index (κ3) is 3.47. The molecule has 0 spiro atoms. The molecule has 2 atom stereocenters. The molecule has 1 aromatic rings. The van der Waals surface area contributed by atoms with Crippen molar-refractivity contribution in [2.75, 3.05) is 13.6 Å². The molecule has 100 valence electrons. The van der Waals surface area contributed by atoms with E-state index in [0.717, 1.165) is 5.76 Å². The van der Waals surface area contributed by atoms with E-state index in [-0.39, 0.29) is 5.91 Å². The molecule has 1 fully saturated rings. The Kier molecular flexibility index (Phi) is 4.06. The zero-order valence-electron chi connectivity index (χ0n) is 11.3. The molecule has 1 aromatic heterocycles. The first kappa shape index (κ1) is 13.4. The van der Waals surface area contributed by atoms with E-state index in [1.807, 2.05) is 18.2 Å². The molecular formula is C15H18N2O2. The van der Waals surface area contributed by atoms with Crippen molar-refractivity contribution in [1.29, 1.82) is 5.26 Å². The fraction of sp³-hybridized carbons (Fsp3) is 0.467. The zero-order chi connectivity index (χ0) is 13.8. The Morgan fingerprint density at radius 1 is 1.63 bits per heavy atom. The molecule has 1 heterocycles. The molecular weight excluding hydrogens is 240 g/mol. The fourth-order valence-electron chi connectivity index (χ4n) is 1.98. The van der Waals surface area contributed by atoms with Gasteiger partial charge in [-0.2, -0.15) is 5.26 Å². The van der Waals surface area contributed by atoms with Gasteiger partial charge in [-0.25, -0.2) is 0 Å². The van der Waals surface area contributed by atoms with Gasteiger partial charge in [-0.15, -0.1) is 0 Å². The van der Waals surface area contributed by atoms with Crippen LogP contribution in [0.4, 0.5) is 0 Å². The maximum atomic E-state index is 11.7. The van der Waals surface area contributed by atoms with Crippen molar-refractivity contribution in [2.45, 2.75) is 25.7 Å². The van der Waals surface area contributed by atoms with Crippen molar-refractivity contribution in [3.05, 3.63) is 29.7 Å². The minimum Gasteiger partial charge on any atom is -0.461 e. The van der Waals surface area contributed by atoms with Gasteiger partial charge in [0.1, 0.15) is 11.5 Å². The summed E-state index contributed by atoms with van der Waals surface area (Å²) in [7, 11) is 1.68. The molecule has 19 heavy (non-hydrogen) atoms. The van der Waals surface area contributed by atoms with E-state index in [4.69, 9.17) is 9.68 Å². The highest BCUT2D eigenvalue weighted by molar-refractivity contribution is 5.91. The summed E-state index contributed by atoms with van der Waals surface area (Å²) in [6, 6.07) is 5.89. The van der Waals surface area contributed by atoms with Crippen molar-refractivity contribution in [2.24, 2.45) is 5.92 Å². The minimum atomic E-state index is -0.118. The molecule has 4 heteroatoms. The average molecular weight is 258 g/mol. The van der Waals surface area contributed by atoms with E-state index < -0.39 is 0 Å². The second kappa shape index (κ2) is 5.75. The summed E-state index contributed by atoms with van der Waals surface area (Å²) in [4.78, 5) is 13.2. The topological polar surface area (TPSA) is 57.2 Å². The number of nitrogens with zero attached hydrogens (tertiary/aromatic N) is 2. The van der Waals surface area contributed by atoms with Crippen molar-refractivity contribution in [3.63, 3.8) is 0 Å². The zero-order valence-corrected chi connectivity index (χ0v) is 11.3. The molecule has 0 bridgehead atoms. The molecule has 0 aliphatic heterocycles. The van der Waals surface area contributed by atoms with Gasteiger partial charge in [-0.3, -0.25) is 4.79 Å². The first-order chi connectivity index (χ1) is 9.11. The van der Waals surface area contributed by atoms with E-state index in [0.29, 0.717) is 30.6 Å². The maximum absolute atomic E-state index is 11.7. The summed E-state index contributed by atoms with van der Waals surface area (Å²) < 4.78 is 5.68. The Hall–Kier alpha value is -2.02. The van der Waals surface area contributed by atoms with Crippen LogP contribution in [0.2, 0.25) is 0 Å². The van der Waals surface area contributed by atoms with Gasteiger partial charge in [0.05, 0.1) is 12.5 Å². The lowest BCUT2D eigenvalue weighted by molar-refractivity contribution is -0.124. The quantitative estimate of drug-likeness (QED) is 0.763. The van der Waals surface area contributed by atoms with E-state index in [1.54, 1.807) is 13.1 Å². The maximum Gasteiger partial charge on any atom is 0.246 e. The second-order valence-electron chi connectivity index (χ2n) is 5.06. The van der Waals surface area contributed by atoms with Crippen LogP contribution in [0.25, 0.3) is 6.08 Å². The molecule has 1 saturated carbocycles. The van der Waals surface area contributed by atoms with Crippen LogP contribution in [0.5, 0.6) is 0 Å². The first-order valence-electron chi connectivity index (χ1n) is 6.51. The summed E-state index contributed by atoms with van der Waals surface area (Å²) in [5.74, 6) is 2.86. The predicted molar refractivity (Wildman–Crippen MR) is 72.1 cm³/mol. The molecule has 0 saturated heterocycles. The third-order valence-electron chi connectivity index (χ3n) is 3.45. The van der Waals surface area contributed by atoms with Crippen LogP contribution in [0.1, 0.15) is 37.2 Å². The molecule has 0 radical (unpaired) electrons. The molecule has 2 rings (SSSR count). The van der Waals surface area contributed by atoms with Gasteiger partial charge in [0, 0.05) is 25.6 Å². The third-order valence-corrected chi connectivity index (χ3v) is 3.45. The van der Waals surface area contributed by atoms with Crippen molar-refractivity contribution in [3.8, 4) is 6.07 Å². The molecule has 4 nitrogen and oxygen atoms in total.